The molecule has 0 aliphatic carbocycles. The fourth-order valence-electron chi connectivity index (χ4n) is 2.73. The van der Waals surface area contributed by atoms with Crippen molar-refractivity contribution in [2.24, 2.45) is 0 Å². The number of aromatic amines is 1. The molecule has 0 spiro atoms. The number of aryl methyl sites for hydroxylation is 1. The summed E-state index contributed by atoms with van der Waals surface area (Å²) in [4.78, 5) is 8.17. The van der Waals surface area contributed by atoms with E-state index >= 15 is 0 Å². The Balaban J connectivity index is 2.02. The Morgan fingerprint density at radius 3 is 2.67 bits per heavy atom. The first-order valence-electron chi connectivity index (χ1n) is 6.86. The molecule has 1 N–H and O–H groups in total. The average Bonchev–Trinajstić information content (AvgIpc) is 2.90. The van der Waals surface area contributed by atoms with E-state index < -0.39 is 0 Å². The molecule has 1 aromatic heterocycles. The summed E-state index contributed by atoms with van der Waals surface area (Å²) in [7, 11) is 0. The van der Waals surface area contributed by atoms with Gasteiger partial charge in [0.15, 0.2) is 0 Å². The summed E-state index contributed by atoms with van der Waals surface area (Å²) in [5, 5.41) is 2.40. The minimum absolute atomic E-state index is 0.916. The van der Waals surface area contributed by atoms with Gasteiger partial charge in [-0.2, -0.15) is 0 Å². The summed E-state index contributed by atoms with van der Waals surface area (Å²) in [5.41, 5.74) is 4.45. The number of aromatic nitrogens is 2. The standard InChI is InChI=1S/C18H13BrN2/c1-11-8-9-16-17(10-11)21-18(20-16)14-6-2-5-13-12(14)4-3-7-15(13)19/h2-10H,1H3,(H,20,21). The monoisotopic (exact) mass is 336 g/mol. The van der Waals surface area contributed by atoms with Crippen molar-refractivity contribution in [2.75, 3.05) is 0 Å². The van der Waals surface area contributed by atoms with Crippen LogP contribution in [0.4, 0.5) is 0 Å². The summed E-state index contributed by atoms with van der Waals surface area (Å²) in [6.45, 7) is 2.09. The third kappa shape index (κ3) is 2.05. The number of hydrogen-bond donors (Lipinski definition) is 1. The van der Waals surface area contributed by atoms with Gasteiger partial charge in [0.1, 0.15) is 5.82 Å². The van der Waals surface area contributed by atoms with Crippen LogP contribution in [-0.4, -0.2) is 9.97 Å². The van der Waals surface area contributed by atoms with Crippen LogP contribution in [0, 0.1) is 6.92 Å². The van der Waals surface area contributed by atoms with Crippen LogP contribution in [0.1, 0.15) is 5.56 Å². The minimum Gasteiger partial charge on any atom is -0.338 e. The lowest BCUT2D eigenvalue weighted by atomic mass is 10.0. The number of hydrogen-bond acceptors (Lipinski definition) is 1. The van der Waals surface area contributed by atoms with Crippen LogP contribution < -0.4 is 0 Å². The van der Waals surface area contributed by atoms with Gasteiger partial charge in [-0.25, -0.2) is 4.98 Å². The SMILES string of the molecule is Cc1ccc2nc(-c3cccc4c(Br)cccc34)[nH]c2c1. The van der Waals surface area contributed by atoms with Crippen molar-refractivity contribution >= 4 is 37.7 Å². The van der Waals surface area contributed by atoms with Gasteiger partial charge >= 0.3 is 0 Å². The molecular weight excluding hydrogens is 324 g/mol. The molecule has 0 aliphatic heterocycles. The molecule has 0 unspecified atom stereocenters. The van der Waals surface area contributed by atoms with Crippen molar-refractivity contribution in [1.29, 1.82) is 0 Å². The molecule has 102 valence electrons. The van der Waals surface area contributed by atoms with E-state index in [2.05, 4.69) is 82.4 Å². The number of fused-ring (bicyclic) bond motifs is 2. The summed E-state index contributed by atoms with van der Waals surface area (Å²) in [5.74, 6) is 0.916. The zero-order chi connectivity index (χ0) is 14.4. The van der Waals surface area contributed by atoms with E-state index in [4.69, 9.17) is 4.98 Å². The molecule has 0 fully saturated rings. The quantitative estimate of drug-likeness (QED) is 0.491. The van der Waals surface area contributed by atoms with Crippen LogP contribution in [0.3, 0.4) is 0 Å². The van der Waals surface area contributed by atoms with Gasteiger partial charge in [0, 0.05) is 10.0 Å². The van der Waals surface area contributed by atoms with Crippen molar-refractivity contribution in [3.8, 4) is 11.4 Å². The lowest BCUT2D eigenvalue weighted by molar-refractivity contribution is 1.34. The van der Waals surface area contributed by atoms with Gasteiger partial charge in [-0.15, -0.1) is 0 Å². The smallest absolute Gasteiger partial charge is 0.139 e. The first kappa shape index (κ1) is 12.6. The van der Waals surface area contributed by atoms with Crippen LogP contribution in [0.5, 0.6) is 0 Å². The van der Waals surface area contributed by atoms with Gasteiger partial charge in [0.05, 0.1) is 11.0 Å². The van der Waals surface area contributed by atoms with Crippen molar-refractivity contribution < 1.29 is 0 Å². The number of H-pyrrole nitrogens is 1. The van der Waals surface area contributed by atoms with Gasteiger partial charge in [0.25, 0.3) is 0 Å². The minimum atomic E-state index is 0.916. The maximum atomic E-state index is 4.73. The van der Waals surface area contributed by atoms with Crippen molar-refractivity contribution in [3.63, 3.8) is 0 Å². The second kappa shape index (κ2) is 4.71. The molecule has 0 bridgehead atoms. The topological polar surface area (TPSA) is 28.7 Å². The number of benzene rings is 3. The largest absolute Gasteiger partial charge is 0.338 e. The van der Waals surface area contributed by atoms with E-state index in [1.165, 1.54) is 16.3 Å². The number of nitrogens with one attached hydrogen (secondary N) is 1. The van der Waals surface area contributed by atoms with Gasteiger partial charge < -0.3 is 4.98 Å². The maximum absolute atomic E-state index is 4.73. The first-order chi connectivity index (χ1) is 10.2. The number of nitrogens with zero attached hydrogens (tertiary/aromatic N) is 1. The van der Waals surface area contributed by atoms with E-state index in [0.717, 1.165) is 26.9 Å². The lowest BCUT2D eigenvalue weighted by Crippen LogP contribution is -1.84. The molecular formula is C18H13BrN2. The van der Waals surface area contributed by atoms with E-state index in [1.807, 2.05) is 0 Å². The van der Waals surface area contributed by atoms with E-state index in [-0.39, 0.29) is 0 Å². The molecule has 0 amide bonds. The van der Waals surface area contributed by atoms with E-state index in [1.54, 1.807) is 0 Å². The van der Waals surface area contributed by atoms with E-state index in [9.17, 15) is 0 Å². The van der Waals surface area contributed by atoms with Crippen LogP contribution in [0.15, 0.2) is 59.1 Å². The Labute approximate surface area is 131 Å². The number of halogens is 1. The Morgan fingerprint density at radius 2 is 1.76 bits per heavy atom. The van der Waals surface area contributed by atoms with Crippen LogP contribution in [-0.2, 0) is 0 Å². The lowest BCUT2D eigenvalue weighted by Gasteiger charge is -2.05. The van der Waals surface area contributed by atoms with Gasteiger partial charge in [-0.05, 0) is 41.5 Å². The fraction of sp³-hybridized carbons (Fsp3) is 0.0556. The number of rotatable bonds is 1. The molecule has 0 radical (unpaired) electrons. The third-order valence-corrected chi connectivity index (χ3v) is 4.45. The zero-order valence-corrected chi connectivity index (χ0v) is 13.1. The molecule has 0 aliphatic rings. The van der Waals surface area contributed by atoms with Crippen LogP contribution >= 0.6 is 15.9 Å². The van der Waals surface area contributed by atoms with Crippen molar-refractivity contribution in [3.05, 3.63) is 64.6 Å². The Bertz CT molecular complexity index is 969. The van der Waals surface area contributed by atoms with Crippen molar-refractivity contribution in [1.82, 2.24) is 9.97 Å². The molecule has 21 heavy (non-hydrogen) atoms. The predicted octanol–water partition coefficient (Wildman–Crippen LogP) is 5.45. The van der Waals surface area contributed by atoms with Gasteiger partial charge in [-0.1, -0.05) is 52.3 Å². The highest BCUT2D eigenvalue weighted by atomic mass is 79.9. The van der Waals surface area contributed by atoms with Crippen LogP contribution in [0.2, 0.25) is 0 Å². The molecule has 1 heterocycles. The van der Waals surface area contributed by atoms with Crippen LogP contribution in [0.25, 0.3) is 33.2 Å². The Kier molecular flexibility index (Phi) is 2.82. The molecule has 3 aromatic carbocycles. The molecule has 4 aromatic rings. The third-order valence-electron chi connectivity index (χ3n) is 3.76. The summed E-state index contributed by atoms with van der Waals surface area (Å²) in [6.07, 6.45) is 0. The zero-order valence-electron chi connectivity index (χ0n) is 11.5. The normalized spacial score (nSPS) is 11.3. The maximum Gasteiger partial charge on any atom is 0.139 e. The Morgan fingerprint density at radius 1 is 0.952 bits per heavy atom. The van der Waals surface area contributed by atoms with Crippen molar-refractivity contribution in [2.45, 2.75) is 6.92 Å². The van der Waals surface area contributed by atoms with Gasteiger partial charge in [-0.3, -0.25) is 0 Å². The molecule has 0 saturated carbocycles. The number of imidazole rings is 1. The molecule has 0 atom stereocenters. The summed E-state index contributed by atoms with van der Waals surface area (Å²) >= 11 is 3.62. The Hall–Kier alpha value is -2.13. The molecule has 4 rings (SSSR count). The predicted molar refractivity (Wildman–Crippen MR) is 91.5 cm³/mol. The summed E-state index contributed by atoms with van der Waals surface area (Å²) in [6, 6.07) is 18.8. The first-order valence-corrected chi connectivity index (χ1v) is 7.66. The fourth-order valence-corrected chi connectivity index (χ4v) is 3.23. The molecule has 3 heteroatoms. The van der Waals surface area contributed by atoms with E-state index in [0.29, 0.717) is 0 Å². The highest BCUT2D eigenvalue weighted by Gasteiger charge is 2.09. The average molecular weight is 337 g/mol. The second-order valence-corrected chi connectivity index (χ2v) is 6.10. The molecule has 2 nitrogen and oxygen atoms in total. The highest BCUT2D eigenvalue weighted by Crippen LogP contribution is 2.32. The molecule has 0 saturated heterocycles. The van der Waals surface area contributed by atoms with Gasteiger partial charge in [0.2, 0.25) is 0 Å². The second-order valence-electron chi connectivity index (χ2n) is 5.25. The highest BCUT2D eigenvalue weighted by molar-refractivity contribution is 9.10. The summed E-state index contributed by atoms with van der Waals surface area (Å²) < 4.78 is 1.11.